The van der Waals surface area contributed by atoms with Gasteiger partial charge in [0.15, 0.2) is 15.7 Å². The molecule has 0 aromatic carbocycles. The quantitative estimate of drug-likeness (QED) is 0.585. The van der Waals surface area contributed by atoms with Crippen LogP contribution in [0.5, 0.6) is 5.88 Å². The third kappa shape index (κ3) is 5.10. The van der Waals surface area contributed by atoms with Crippen molar-refractivity contribution in [2.75, 3.05) is 38.0 Å². The molecule has 0 spiro atoms. The largest absolute Gasteiger partial charge is 0.478 e. The minimum atomic E-state index is -3.23. The summed E-state index contributed by atoms with van der Waals surface area (Å²) in [6, 6.07) is 3.75. The Bertz CT molecular complexity index is 938. The summed E-state index contributed by atoms with van der Waals surface area (Å²) in [6.45, 7) is 2.85. The Kier molecular flexibility index (Phi) is 6.24. The highest BCUT2D eigenvalue weighted by atomic mass is 32.2. The summed E-state index contributed by atoms with van der Waals surface area (Å²) in [5.74, 6) is 3.26. The fourth-order valence-corrected chi connectivity index (χ4v) is 4.81. The van der Waals surface area contributed by atoms with Crippen LogP contribution in [-0.2, 0) is 21.2 Å². The number of piperidine rings is 1. The van der Waals surface area contributed by atoms with Crippen molar-refractivity contribution in [3.63, 3.8) is 0 Å². The van der Waals surface area contributed by atoms with Crippen LogP contribution in [0.4, 0.5) is 6.01 Å². The van der Waals surface area contributed by atoms with Crippen LogP contribution >= 0.6 is 0 Å². The monoisotopic (exact) mass is 436 g/mol. The molecule has 0 radical (unpaired) electrons. The summed E-state index contributed by atoms with van der Waals surface area (Å²) in [7, 11) is -1.61. The fourth-order valence-electron chi connectivity index (χ4n) is 4.25. The van der Waals surface area contributed by atoms with E-state index < -0.39 is 9.84 Å². The third-order valence-corrected chi connectivity index (χ3v) is 7.10. The molecule has 1 aliphatic carbocycles. The van der Waals surface area contributed by atoms with Crippen LogP contribution in [0.25, 0.3) is 0 Å². The van der Waals surface area contributed by atoms with E-state index in [0.717, 1.165) is 44.2 Å². The predicted molar refractivity (Wildman–Crippen MR) is 109 cm³/mol. The highest BCUT2D eigenvalue weighted by molar-refractivity contribution is 7.90. The molecule has 2 aromatic heterocycles. The number of aromatic nitrogens is 3. The number of nitrogens with zero attached hydrogens (tertiary/aromatic N) is 4. The van der Waals surface area contributed by atoms with Crippen molar-refractivity contribution in [2.24, 2.45) is 17.8 Å². The highest BCUT2D eigenvalue weighted by Gasteiger charge is 2.43. The SMILES string of the molecule is COCc1noc(N2CCC([C@H]3CC3CCOc3ccc(S(C)(=O)=O)cn3)CC2)n1. The molecular formula is C20H28N4O5S. The fraction of sp³-hybridized carbons (Fsp3) is 0.650. The van der Waals surface area contributed by atoms with Gasteiger partial charge in [0.1, 0.15) is 6.61 Å². The summed E-state index contributed by atoms with van der Waals surface area (Å²) in [5.41, 5.74) is 0. The molecule has 2 aliphatic rings. The molecule has 1 saturated carbocycles. The molecule has 1 unspecified atom stereocenters. The maximum Gasteiger partial charge on any atom is 0.324 e. The maximum atomic E-state index is 11.5. The van der Waals surface area contributed by atoms with Crippen LogP contribution in [0.15, 0.2) is 27.7 Å². The van der Waals surface area contributed by atoms with Gasteiger partial charge in [0.2, 0.25) is 5.88 Å². The van der Waals surface area contributed by atoms with E-state index in [9.17, 15) is 8.42 Å². The number of hydrogen-bond donors (Lipinski definition) is 0. The average Bonchev–Trinajstić information content (AvgIpc) is 3.35. The Morgan fingerprint density at radius 1 is 1.27 bits per heavy atom. The molecule has 164 valence electrons. The van der Waals surface area contributed by atoms with E-state index in [2.05, 4.69) is 20.0 Å². The molecular weight excluding hydrogens is 408 g/mol. The van der Waals surface area contributed by atoms with Gasteiger partial charge in [-0.2, -0.15) is 4.98 Å². The van der Waals surface area contributed by atoms with Gasteiger partial charge >= 0.3 is 6.01 Å². The van der Waals surface area contributed by atoms with Gasteiger partial charge in [-0.25, -0.2) is 13.4 Å². The second-order valence-electron chi connectivity index (χ2n) is 8.15. The van der Waals surface area contributed by atoms with E-state index in [1.165, 1.54) is 24.9 Å². The molecule has 1 aliphatic heterocycles. The first-order valence-electron chi connectivity index (χ1n) is 10.3. The van der Waals surface area contributed by atoms with E-state index in [-0.39, 0.29) is 4.90 Å². The number of methoxy groups -OCH3 is 1. The number of sulfone groups is 1. The van der Waals surface area contributed by atoms with E-state index in [1.54, 1.807) is 13.2 Å². The summed E-state index contributed by atoms with van der Waals surface area (Å²) in [4.78, 5) is 10.8. The molecule has 30 heavy (non-hydrogen) atoms. The van der Waals surface area contributed by atoms with Crippen LogP contribution in [0, 0.1) is 17.8 Å². The van der Waals surface area contributed by atoms with Crippen LogP contribution in [0.1, 0.15) is 31.5 Å². The maximum absolute atomic E-state index is 11.5. The number of rotatable bonds is 9. The van der Waals surface area contributed by atoms with Gasteiger partial charge in [0, 0.05) is 38.7 Å². The molecule has 4 rings (SSSR count). The van der Waals surface area contributed by atoms with Crippen molar-refractivity contribution in [3.8, 4) is 5.88 Å². The molecule has 2 fully saturated rings. The van der Waals surface area contributed by atoms with Crippen LogP contribution in [0.2, 0.25) is 0 Å². The summed E-state index contributed by atoms with van der Waals surface area (Å²) < 4.78 is 39.0. The Balaban J connectivity index is 1.17. The molecule has 9 nitrogen and oxygen atoms in total. The molecule has 2 aromatic rings. The predicted octanol–water partition coefficient (Wildman–Crippen LogP) is 2.34. The molecule has 1 saturated heterocycles. The van der Waals surface area contributed by atoms with Crippen molar-refractivity contribution >= 4 is 15.9 Å². The number of ether oxygens (including phenoxy) is 2. The van der Waals surface area contributed by atoms with Crippen molar-refractivity contribution in [1.29, 1.82) is 0 Å². The first-order chi connectivity index (χ1) is 14.4. The lowest BCUT2D eigenvalue weighted by Crippen LogP contribution is -2.34. The van der Waals surface area contributed by atoms with Crippen molar-refractivity contribution < 1.29 is 22.4 Å². The van der Waals surface area contributed by atoms with Gasteiger partial charge in [-0.15, -0.1) is 0 Å². The van der Waals surface area contributed by atoms with Crippen molar-refractivity contribution in [1.82, 2.24) is 15.1 Å². The molecule has 0 amide bonds. The van der Waals surface area contributed by atoms with Gasteiger partial charge in [-0.05, 0) is 49.5 Å². The number of hydrogen-bond acceptors (Lipinski definition) is 9. The topological polar surface area (TPSA) is 108 Å². The smallest absolute Gasteiger partial charge is 0.324 e. The molecule has 0 bridgehead atoms. The second-order valence-corrected chi connectivity index (χ2v) is 10.2. The minimum absolute atomic E-state index is 0.207. The normalized spacial score (nSPS) is 22.3. The van der Waals surface area contributed by atoms with E-state index in [1.807, 2.05) is 0 Å². The molecule has 2 atom stereocenters. The Morgan fingerprint density at radius 2 is 2.07 bits per heavy atom. The van der Waals surface area contributed by atoms with Crippen molar-refractivity contribution in [3.05, 3.63) is 24.2 Å². The van der Waals surface area contributed by atoms with Crippen molar-refractivity contribution in [2.45, 2.75) is 37.2 Å². The first kappa shape index (κ1) is 21.0. The van der Waals surface area contributed by atoms with Crippen LogP contribution in [-0.4, -0.2) is 56.6 Å². The summed E-state index contributed by atoms with van der Waals surface area (Å²) in [6.07, 6.45) is 7.05. The standard InChI is InChI=1S/C20H28N4O5S/c1-27-13-18-22-20(29-23-18)24-8-5-14(6-9-24)17-11-15(17)7-10-28-19-4-3-16(12-21-19)30(2,25)26/h3-4,12,14-15,17H,5-11,13H2,1-2H3/t15?,17-/m1/s1. The summed E-state index contributed by atoms with van der Waals surface area (Å²) >= 11 is 0. The highest BCUT2D eigenvalue weighted by Crippen LogP contribution is 2.49. The van der Waals surface area contributed by atoms with E-state index in [4.69, 9.17) is 14.0 Å². The average molecular weight is 437 g/mol. The number of anilines is 1. The zero-order chi connectivity index (χ0) is 21.1. The van der Waals surface area contributed by atoms with Gasteiger partial charge < -0.3 is 18.9 Å². The Morgan fingerprint density at radius 3 is 2.73 bits per heavy atom. The lowest BCUT2D eigenvalue weighted by atomic mass is 9.91. The first-order valence-corrected chi connectivity index (χ1v) is 12.2. The lowest BCUT2D eigenvalue weighted by Gasteiger charge is -2.30. The third-order valence-electron chi connectivity index (χ3n) is 6.00. The zero-order valence-corrected chi connectivity index (χ0v) is 18.2. The van der Waals surface area contributed by atoms with Gasteiger partial charge in [-0.3, -0.25) is 0 Å². The number of pyridine rings is 1. The lowest BCUT2D eigenvalue weighted by molar-refractivity contribution is 0.174. The molecule has 10 heteroatoms. The second kappa shape index (κ2) is 8.89. The zero-order valence-electron chi connectivity index (χ0n) is 17.4. The minimum Gasteiger partial charge on any atom is -0.478 e. The molecule has 0 N–H and O–H groups in total. The van der Waals surface area contributed by atoms with Gasteiger partial charge in [0.25, 0.3) is 0 Å². The van der Waals surface area contributed by atoms with Crippen LogP contribution < -0.4 is 9.64 Å². The van der Waals surface area contributed by atoms with Gasteiger partial charge in [0.05, 0.1) is 11.5 Å². The van der Waals surface area contributed by atoms with E-state index >= 15 is 0 Å². The Labute approximate surface area is 176 Å². The summed E-state index contributed by atoms with van der Waals surface area (Å²) in [5, 5.41) is 3.93. The van der Waals surface area contributed by atoms with E-state index in [0.29, 0.717) is 36.9 Å². The molecule has 3 heterocycles. The van der Waals surface area contributed by atoms with Crippen LogP contribution in [0.3, 0.4) is 0 Å². The Hall–Kier alpha value is -2.20. The van der Waals surface area contributed by atoms with Gasteiger partial charge in [-0.1, -0.05) is 5.16 Å².